The summed E-state index contributed by atoms with van der Waals surface area (Å²) in [5.74, 6) is 0. The molecule has 18 heavy (non-hydrogen) atoms. The fourth-order valence-electron chi connectivity index (χ4n) is 1.99. The molecule has 0 amide bonds. The van der Waals surface area contributed by atoms with E-state index in [2.05, 4.69) is 83.8 Å². The predicted octanol–water partition coefficient (Wildman–Crippen LogP) is 5.85. The first kappa shape index (κ1) is 16.2. The van der Waals surface area contributed by atoms with E-state index in [0.29, 0.717) is 5.41 Å². The van der Waals surface area contributed by atoms with E-state index in [1.807, 2.05) is 0 Å². The lowest BCUT2D eigenvalue weighted by molar-refractivity contribution is 0.321. The van der Waals surface area contributed by atoms with Gasteiger partial charge in [-0.1, -0.05) is 82.5 Å². The van der Waals surface area contributed by atoms with Crippen molar-refractivity contribution < 1.29 is 0 Å². The highest BCUT2D eigenvalue weighted by atomic mass is 79.9. The van der Waals surface area contributed by atoms with E-state index in [1.165, 1.54) is 24.0 Å². The van der Waals surface area contributed by atoms with Crippen LogP contribution < -0.4 is 0 Å². The van der Waals surface area contributed by atoms with Crippen LogP contribution >= 0.6 is 31.9 Å². The van der Waals surface area contributed by atoms with Gasteiger partial charge < -0.3 is 0 Å². The average molecular weight is 376 g/mol. The van der Waals surface area contributed by atoms with Gasteiger partial charge in [0, 0.05) is 16.1 Å². The Morgan fingerprint density at radius 3 is 1.78 bits per heavy atom. The van der Waals surface area contributed by atoms with Crippen molar-refractivity contribution in [3.63, 3.8) is 0 Å². The van der Waals surface area contributed by atoms with Gasteiger partial charge in [0.25, 0.3) is 0 Å². The molecular weight excluding hydrogens is 352 g/mol. The normalized spacial score (nSPS) is 12.8. The summed E-state index contributed by atoms with van der Waals surface area (Å²) in [6.45, 7) is 9.09. The van der Waals surface area contributed by atoms with Crippen LogP contribution in [0.1, 0.15) is 44.7 Å². The summed E-state index contributed by atoms with van der Waals surface area (Å²) in [6, 6.07) is 8.99. The third-order valence-electron chi connectivity index (χ3n) is 3.53. The molecule has 0 spiro atoms. The first-order valence-corrected chi connectivity index (χ1v) is 8.76. The SMILES string of the molecule is Cc1ccc(C(CBr)(CBr)CCC(C)(C)C)cc1. The minimum Gasteiger partial charge on any atom is -0.0918 e. The molecule has 1 aromatic rings. The smallest absolute Gasteiger partial charge is 0.0147 e. The molecule has 0 N–H and O–H groups in total. The van der Waals surface area contributed by atoms with Crippen LogP contribution in [0.3, 0.4) is 0 Å². The number of benzene rings is 1. The first-order valence-electron chi connectivity index (χ1n) is 6.52. The largest absolute Gasteiger partial charge is 0.0918 e. The van der Waals surface area contributed by atoms with Gasteiger partial charge in [0.15, 0.2) is 0 Å². The van der Waals surface area contributed by atoms with Gasteiger partial charge in [0.2, 0.25) is 0 Å². The second-order valence-electron chi connectivity index (χ2n) is 6.47. The van der Waals surface area contributed by atoms with E-state index in [0.717, 1.165) is 10.7 Å². The molecule has 0 radical (unpaired) electrons. The molecule has 0 heterocycles. The fraction of sp³-hybridized carbons (Fsp3) is 0.625. The summed E-state index contributed by atoms with van der Waals surface area (Å²) in [7, 11) is 0. The molecule has 0 nitrogen and oxygen atoms in total. The topological polar surface area (TPSA) is 0 Å². The van der Waals surface area contributed by atoms with Gasteiger partial charge in [-0.3, -0.25) is 0 Å². The number of rotatable bonds is 5. The van der Waals surface area contributed by atoms with Crippen LogP contribution in [-0.4, -0.2) is 10.7 Å². The minimum absolute atomic E-state index is 0.209. The van der Waals surface area contributed by atoms with E-state index < -0.39 is 0 Å². The van der Waals surface area contributed by atoms with Gasteiger partial charge in [-0.05, 0) is 30.7 Å². The lowest BCUT2D eigenvalue weighted by atomic mass is 9.76. The Hall–Kier alpha value is 0.180. The number of hydrogen-bond donors (Lipinski definition) is 0. The molecule has 0 atom stereocenters. The van der Waals surface area contributed by atoms with Gasteiger partial charge in [-0.2, -0.15) is 0 Å². The van der Waals surface area contributed by atoms with E-state index in [1.54, 1.807) is 0 Å². The van der Waals surface area contributed by atoms with Crippen molar-refractivity contribution >= 4 is 31.9 Å². The molecule has 0 fully saturated rings. The molecule has 1 rings (SSSR count). The Labute approximate surface area is 129 Å². The maximum Gasteiger partial charge on any atom is 0.0147 e. The second-order valence-corrected chi connectivity index (χ2v) is 7.60. The first-order chi connectivity index (χ1) is 8.33. The minimum atomic E-state index is 0.209. The molecule has 0 bridgehead atoms. The fourth-order valence-corrected chi connectivity index (χ4v) is 4.13. The van der Waals surface area contributed by atoms with Crippen molar-refractivity contribution in [1.82, 2.24) is 0 Å². The molecule has 0 aliphatic carbocycles. The summed E-state index contributed by atoms with van der Waals surface area (Å²) in [4.78, 5) is 0. The monoisotopic (exact) mass is 374 g/mol. The summed E-state index contributed by atoms with van der Waals surface area (Å²) in [5, 5.41) is 2.01. The molecule has 0 aliphatic rings. The van der Waals surface area contributed by atoms with E-state index in [-0.39, 0.29) is 5.41 Å². The number of aryl methyl sites for hydroxylation is 1. The van der Waals surface area contributed by atoms with E-state index in [9.17, 15) is 0 Å². The Balaban J connectivity index is 2.95. The Bertz CT molecular complexity index is 356. The molecule has 0 saturated heterocycles. The quantitative estimate of drug-likeness (QED) is 0.566. The molecular formula is C16H24Br2. The highest BCUT2D eigenvalue weighted by Gasteiger charge is 2.31. The number of halogens is 2. The van der Waals surface area contributed by atoms with Crippen LogP contribution in [-0.2, 0) is 5.41 Å². The van der Waals surface area contributed by atoms with E-state index >= 15 is 0 Å². The van der Waals surface area contributed by atoms with Crippen molar-refractivity contribution in [1.29, 1.82) is 0 Å². The molecule has 2 heteroatoms. The van der Waals surface area contributed by atoms with Crippen LogP contribution in [0.2, 0.25) is 0 Å². The lowest BCUT2D eigenvalue weighted by Gasteiger charge is -2.33. The zero-order valence-corrected chi connectivity index (χ0v) is 15.1. The number of hydrogen-bond acceptors (Lipinski definition) is 0. The zero-order chi connectivity index (χ0) is 13.8. The van der Waals surface area contributed by atoms with Gasteiger partial charge in [0.1, 0.15) is 0 Å². The summed E-state index contributed by atoms with van der Waals surface area (Å²) < 4.78 is 0. The van der Waals surface area contributed by atoms with Gasteiger partial charge >= 0.3 is 0 Å². The molecule has 0 unspecified atom stereocenters. The van der Waals surface area contributed by atoms with Crippen molar-refractivity contribution in [2.75, 3.05) is 10.7 Å². The molecule has 102 valence electrons. The van der Waals surface area contributed by atoms with Crippen LogP contribution in [0.5, 0.6) is 0 Å². The summed E-state index contributed by atoms with van der Waals surface area (Å²) >= 11 is 7.45. The third kappa shape index (κ3) is 4.38. The van der Waals surface area contributed by atoms with Crippen molar-refractivity contribution in [3.05, 3.63) is 35.4 Å². The molecule has 0 aliphatic heterocycles. The van der Waals surface area contributed by atoms with Gasteiger partial charge in [-0.15, -0.1) is 0 Å². The number of alkyl halides is 2. The van der Waals surface area contributed by atoms with Gasteiger partial charge in [0.05, 0.1) is 0 Å². The maximum atomic E-state index is 3.73. The molecule has 0 saturated carbocycles. The van der Waals surface area contributed by atoms with Crippen LogP contribution in [0.15, 0.2) is 24.3 Å². The van der Waals surface area contributed by atoms with Crippen molar-refractivity contribution in [2.45, 2.75) is 46.0 Å². The van der Waals surface area contributed by atoms with E-state index in [4.69, 9.17) is 0 Å². The van der Waals surface area contributed by atoms with Crippen LogP contribution in [0.25, 0.3) is 0 Å². The van der Waals surface area contributed by atoms with Crippen LogP contribution in [0, 0.1) is 12.3 Å². The standard InChI is InChI=1S/C16H24Br2/c1-13-5-7-14(8-6-13)16(11-17,12-18)10-9-15(2,3)4/h5-8H,9-12H2,1-4H3. The van der Waals surface area contributed by atoms with Crippen LogP contribution in [0.4, 0.5) is 0 Å². The Morgan fingerprint density at radius 2 is 1.39 bits per heavy atom. The molecule has 0 aromatic heterocycles. The second kappa shape index (κ2) is 6.56. The highest BCUT2D eigenvalue weighted by molar-refractivity contribution is 9.09. The maximum absolute atomic E-state index is 3.73. The Kier molecular flexibility index (Phi) is 5.92. The predicted molar refractivity (Wildman–Crippen MR) is 89.1 cm³/mol. The Morgan fingerprint density at radius 1 is 0.889 bits per heavy atom. The van der Waals surface area contributed by atoms with Crippen molar-refractivity contribution in [3.8, 4) is 0 Å². The summed E-state index contributed by atoms with van der Waals surface area (Å²) in [5.41, 5.74) is 3.36. The average Bonchev–Trinajstić information content (AvgIpc) is 2.32. The van der Waals surface area contributed by atoms with Crippen molar-refractivity contribution in [2.24, 2.45) is 5.41 Å². The summed E-state index contributed by atoms with van der Waals surface area (Å²) in [6.07, 6.45) is 2.44. The third-order valence-corrected chi connectivity index (χ3v) is 5.68. The van der Waals surface area contributed by atoms with Gasteiger partial charge in [-0.25, -0.2) is 0 Å². The lowest BCUT2D eigenvalue weighted by Crippen LogP contribution is -2.31. The molecule has 1 aromatic carbocycles. The highest BCUT2D eigenvalue weighted by Crippen LogP contribution is 2.37. The zero-order valence-electron chi connectivity index (χ0n) is 11.9.